The molecule has 0 unspecified atom stereocenters. The van der Waals surface area contributed by atoms with E-state index in [0.29, 0.717) is 5.56 Å². The number of rotatable bonds is 6. The first kappa shape index (κ1) is 12.5. The van der Waals surface area contributed by atoms with Crippen LogP contribution in [0.1, 0.15) is 24.8 Å². The third-order valence-corrected chi connectivity index (χ3v) is 2.57. The molecule has 1 rings (SSSR count). The van der Waals surface area contributed by atoms with Crippen LogP contribution in [0.2, 0.25) is 0 Å². The Labute approximate surface area is 96.9 Å². The number of aliphatic hydroxyl groups is 1. The SMILES string of the molecule is CN(CCCCCO)c1cccc(C#N)c1. The molecule has 0 saturated carbocycles. The lowest BCUT2D eigenvalue weighted by molar-refractivity contribution is 0.283. The molecule has 1 aromatic carbocycles. The van der Waals surface area contributed by atoms with E-state index in [0.717, 1.165) is 31.5 Å². The van der Waals surface area contributed by atoms with Gasteiger partial charge >= 0.3 is 0 Å². The number of aliphatic hydroxyl groups excluding tert-OH is 1. The molecule has 3 nitrogen and oxygen atoms in total. The van der Waals surface area contributed by atoms with Gasteiger partial charge in [-0.2, -0.15) is 5.26 Å². The van der Waals surface area contributed by atoms with Crippen LogP contribution in [0.15, 0.2) is 24.3 Å². The summed E-state index contributed by atoms with van der Waals surface area (Å²) in [6.07, 6.45) is 2.97. The number of benzene rings is 1. The molecule has 0 saturated heterocycles. The van der Waals surface area contributed by atoms with Crippen molar-refractivity contribution in [2.75, 3.05) is 25.1 Å². The molecule has 0 bridgehead atoms. The van der Waals surface area contributed by atoms with Gasteiger partial charge in [0.25, 0.3) is 0 Å². The van der Waals surface area contributed by atoms with E-state index in [4.69, 9.17) is 10.4 Å². The molecule has 0 radical (unpaired) electrons. The lowest BCUT2D eigenvalue weighted by Crippen LogP contribution is -2.18. The zero-order valence-electron chi connectivity index (χ0n) is 9.69. The maximum absolute atomic E-state index is 8.79. The van der Waals surface area contributed by atoms with Crippen LogP contribution >= 0.6 is 0 Å². The predicted molar refractivity (Wildman–Crippen MR) is 65.4 cm³/mol. The first-order chi connectivity index (χ1) is 7.77. The second-order valence-electron chi connectivity index (χ2n) is 3.87. The van der Waals surface area contributed by atoms with Gasteiger partial charge in [-0.25, -0.2) is 0 Å². The second-order valence-corrected chi connectivity index (χ2v) is 3.87. The van der Waals surface area contributed by atoms with Gasteiger partial charge in [-0.05, 0) is 37.5 Å². The van der Waals surface area contributed by atoms with Crippen LogP contribution < -0.4 is 4.90 Å². The second kappa shape index (κ2) is 6.86. The number of hydrogen-bond acceptors (Lipinski definition) is 3. The van der Waals surface area contributed by atoms with E-state index in [2.05, 4.69) is 11.0 Å². The van der Waals surface area contributed by atoms with E-state index >= 15 is 0 Å². The van der Waals surface area contributed by atoms with Crippen molar-refractivity contribution in [3.8, 4) is 6.07 Å². The molecule has 0 aromatic heterocycles. The van der Waals surface area contributed by atoms with E-state index in [-0.39, 0.29) is 6.61 Å². The fourth-order valence-electron chi connectivity index (χ4n) is 1.58. The Hall–Kier alpha value is -1.53. The standard InChI is InChI=1S/C13H18N2O/c1-15(8-3-2-4-9-16)13-7-5-6-12(10-13)11-14/h5-7,10,16H,2-4,8-9H2,1H3. The quantitative estimate of drug-likeness (QED) is 0.744. The number of anilines is 1. The Balaban J connectivity index is 2.46. The molecule has 0 aliphatic rings. The number of unbranched alkanes of at least 4 members (excludes halogenated alkanes) is 2. The Morgan fingerprint density at radius 1 is 1.31 bits per heavy atom. The monoisotopic (exact) mass is 218 g/mol. The minimum absolute atomic E-state index is 0.271. The van der Waals surface area contributed by atoms with Crippen LogP contribution in [-0.4, -0.2) is 25.3 Å². The van der Waals surface area contributed by atoms with Crippen molar-refractivity contribution in [3.05, 3.63) is 29.8 Å². The molecule has 0 fully saturated rings. The highest BCUT2D eigenvalue weighted by Crippen LogP contribution is 2.14. The summed E-state index contributed by atoms with van der Waals surface area (Å²) in [6.45, 7) is 1.22. The Morgan fingerprint density at radius 3 is 2.81 bits per heavy atom. The van der Waals surface area contributed by atoms with Crippen molar-refractivity contribution in [1.29, 1.82) is 5.26 Å². The molecule has 0 aliphatic heterocycles. The third kappa shape index (κ3) is 3.92. The van der Waals surface area contributed by atoms with Crippen molar-refractivity contribution < 1.29 is 5.11 Å². The van der Waals surface area contributed by atoms with Crippen molar-refractivity contribution >= 4 is 5.69 Å². The van der Waals surface area contributed by atoms with Crippen LogP contribution in [0, 0.1) is 11.3 Å². The lowest BCUT2D eigenvalue weighted by atomic mass is 10.2. The largest absolute Gasteiger partial charge is 0.396 e. The normalized spacial score (nSPS) is 9.81. The van der Waals surface area contributed by atoms with Gasteiger partial charge in [0.2, 0.25) is 0 Å². The first-order valence-corrected chi connectivity index (χ1v) is 5.60. The minimum atomic E-state index is 0.271. The molecule has 1 N–H and O–H groups in total. The Morgan fingerprint density at radius 2 is 2.12 bits per heavy atom. The van der Waals surface area contributed by atoms with Crippen LogP contribution in [-0.2, 0) is 0 Å². The van der Waals surface area contributed by atoms with Crippen molar-refractivity contribution in [2.45, 2.75) is 19.3 Å². The topological polar surface area (TPSA) is 47.3 Å². The van der Waals surface area contributed by atoms with E-state index in [1.54, 1.807) is 0 Å². The number of hydrogen-bond donors (Lipinski definition) is 1. The summed E-state index contributed by atoms with van der Waals surface area (Å²) >= 11 is 0. The van der Waals surface area contributed by atoms with Gasteiger partial charge < -0.3 is 10.0 Å². The molecule has 3 heteroatoms. The van der Waals surface area contributed by atoms with Crippen LogP contribution in [0.5, 0.6) is 0 Å². The maximum atomic E-state index is 8.79. The summed E-state index contributed by atoms with van der Waals surface area (Å²) in [6, 6.07) is 9.75. The highest BCUT2D eigenvalue weighted by molar-refractivity contribution is 5.50. The summed E-state index contributed by atoms with van der Waals surface area (Å²) in [5.41, 5.74) is 1.77. The Bertz CT molecular complexity index is 357. The average Bonchev–Trinajstić information content (AvgIpc) is 2.34. The fourth-order valence-corrected chi connectivity index (χ4v) is 1.58. The molecule has 0 spiro atoms. The third-order valence-electron chi connectivity index (χ3n) is 2.57. The predicted octanol–water partition coefficient (Wildman–Crippen LogP) is 2.16. The summed E-state index contributed by atoms with van der Waals surface area (Å²) in [5.74, 6) is 0. The molecule has 0 heterocycles. The van der Waals surface area contributed by atoms with Crippen LogP contribution in [0.25, 0.3) is 0 Å². The van der Waals surface area contributed by atoms with Crippen LogP contribution in [0.3, 0.4) is 0 Å². The summed E-state index contributed by atoms with van der Waals surface area (Å²) in [4.78, 5) is 2.14. The molecule has 0 amide bonds. The fraction of sp³-hybridized carbons (Fsp3) is 0.462. The van der Waals surface area contributed by atoms with E-state index < -0.39 is 0 Å². The van der Waals surface area contributed by atoms with Crippen molar-refractivity contribution in [2.24, 2.45) is 0 Å². The zero-order valence-corrected chi connectivity index (χ0v) is 9.69. The smallest absolute Gasteiger partial charge is 0.0992 e. The van der Waals surface area contributed by atoms with E-state index in [1.807, 2.05) is 31.3 Å². The molecule has 16 heavy (non-hydrogen) atoms. The van der Waals surface area contributed by atoms with Crippen LogP contribution in [0.4, 0.5) is 5.69 Å². The number of nitriles is 1. The average molecular weight is 218 g/mol. The molecular formula is C13H18N2O. The van der Waals surface area contributed by atoms with Gasteiger partial charge in [0, 0.05) is 25.9 Å². The Kier molecular flexibility index (Phi) is 5.38. The van der Waals surface area contributed by atoms with Gasteiger partial charge in [-0.1, -0.05) is 6.07 Å². The van der Waals surface area contributed by atoms with E-state index in [1.165, 1.54) is 0 Å². The highest BCUT2D eigenvalue weighted by atomic mass is 16.2. The van der Waals surface area contributed by atoms with Crippen molar-refractivity contribution in [3.63, 3.8) is 0 Å². The summed E-state index contributed by atoms with van der Waals surface area (Å²) in [7, 11) is 2.02. The zero-order chi connectivity index (χ0) is 11.8. The first-order valence-electron chi connectivity index (χ1n) is 5.60. The molecular weight excluding hydrogens is 200 g/mol. The summed E-state index contributed by atoms with van der Waals surface area (Å²) < 4.78 is 0. The number of nitrogens with zero attached hydrogens (tertiary/aromatic N) is 2. The molecule has 1 aromatic rings. The van der Waals surface area contributed by atoms with Gasteiger partial charge in [0.1, 0.15) is 0 Å². The minimum Gasteiger partial charge on any atom is -0.396 e. The van der Waals surface area contributed by atoms with Gasteiger partial charge in [-0.3, -0.25) is 0 Å². The highest BCUT2D eigenvalue weighted by Gasteiger charge is 2.01. The van der Waals surface area contributed by atoms with Crippen molar-refractivity contribution in [1.82, 2.24) is 0 Å². The molecule has 0 atom stereocenters. The van der Waals surface area contributed by atoms with Gasteiger partial charge in [0.05, 0.1) is 11.6 Å². The van der Waals surface area contributed by atoms with E-state index in [9.17, 15) is 0 Å². The summed E-state index contributed by atoms with van der Waals surface area (Å²) in [5, 5.41) is 17.5. The maximum Gasteiger partial charge on any atom is 0.0992 e. The van der Waals surface area contributed by atoms with Gasteiger partial charge in [-0.15, -0.1) is 0 Å². The lowest BCUT2D eigenvalue weighted by Gasteiger charge is -2.19. The molecule has 86 valence electrons. The molecule has 0 aliphatic carbocycles. The van der Waals surface area contributed by atoms with Gasteiger partial charge in [0.15, 0.2) is 0 Å².